The summed E-state index contributed by atoms with van der Waals surface area (Å²) in [6.07, 6.45) is 13.4. The third kappa shape index (κ3) is 18.2. The Morgan fingerprint density at radius 2 is 0.855 bits per heavy atom. The number of hydrogen-bond acceptors (Lipinski definition) is 11. The van der Waals surface area contributed by atoms with Gasteiger partial charge in [-0.05, 0) is 177 Å². The number of nitrogens with one attached hydrogen (secondary N) is 1. The van der Waals surface area contributed by atoms with Gasteiger partial charge in [-0.1, -0.05) is 60.7 Å². The van der Waals surface area contributed by atoms with Crippen LogP contribution in [0.5, 0.6) is 0 Å². The van der Waals surface area contributed by atoms with Crippen LogP contribution in [0.15, 0.2) is 60.7 Å². The Morgan fingerprint density at radius 1 is 0.507 bits per heavy atom. The molecule has 6 aliphatic heterocycles. The van der Waals surface area contributed by atoms with Crippen molar-refractivity contribution in [3.05, 3.63) is 71.8 Å². The standard InChI is InChI=1S/C26H40BN3O4.C18H26N2O2.C8H16BNO3/c1-27(33)30-17-7-21(8-18-30)19-25(31)28-13-9-23(10-14-28)24-11-15-29(16-12-24)26(32)34-20-22-5-3-2-4-6-22;21-18(22-14-15-4-2-1-3-5-15)20-12-8-17(9-13-20)16-6-10-19-11-7-16;1-9(13)10-4-2-7(3-5-10)6-8(11)12/h2-6,21,23-24,33H,7-20H2,1H3;1-5,16-17,19H,6-14H2;7,13H,2-6H2,1H3,(H,11,12). The molecule has 380 valence electrons. The molecule has 2 aromatic carbocycles. The first-order chi connectivity index (χ1) is 33.4. The number of ether oxygens (including phenoxy) is 2. The molecular weight excluding hydrogens is 874 g/mol. The molecular formula is C52H82B2N6O9. The smallest absolute Gasteiger partial charge is 0.410 e. The van der Waals surface area contributed by atoms with E-state index in [9.17, 15) is 29.2 Å². The highest BCUT2D eigenvalue weighted by molar-refractivity contribution is 6.45. The molecule has 17 heteroatoms. The topological polar surface area (TPSA) is 176 Å². The van der Waals surface area contributed by atoms with E-state index in [1.807, 2.05) is 82.1 Å². The fraction of sp³-hybridized carbons (Fsp3) is 0.692. The maximum atomic E-state index is 12.9. The molecule has 0 bridgehead atoms. The van der Waals surface area contributed by atoms with E-state index in [1.165, 1.54) is 12.8 Å². The Morgan fingerprint density at radius 3 is 1.22 bits per heavy atom. The Balaban J connectivity index is 0.000000190. The van der Waals surface area contributed by atoms with Crippen LogP contribution in [-0.4, -0.2) is 156 Å². The van der Waals surface area contributed by atoms with Gasteiger partial charge in [-0.2, -0.15) is 0 Å². The number of carbonyl (C=O) groups excluding carboxylic acids is 3. The molecule has 8 rings (SSSR count). The van der Waals surface area contributed by atoms with Gasteiger partial charge in [0.15, 0.2) is 0 Å². The number of aliphatic carboxylic acids is 1. The van der Waals surface area contributed by atoms with Gasteiger partial charge in [-0.15, -0.1) is 0 Å². The van der Waals surface area contributed by atoms with Gasteiger partial charge in [0.2, 0.25) is 5.91 Å². The zero-order chi connectivity index (χ0) is 49.0. The monoisotopic (exact) mass is 957 g/mol. The summed E-state index contributed by atoms with van der Waals surface area (Å²) in [5.74, 6) is 3.28. The van der Waals surface area contributed by atoms with Crippen LogP contribution < -0.4 is 5.32 Å². The van der Waals surface area contributed by atoms with Crippen LogP contribution in [0.4, 0.5) is 9.59 Å². The van der Waals surface area contributed by atoms with Crippen molar-refractivity contribution >= 4 is 38.2 Å². The van der Waals surface area contributed by atoms with E-state index in [0.717, 1.165) is 166 Å². The number of carboxylic acids is 1. The van der Waals surface area contributed by atoms with Crippen molar-refractivity contribution in [2.75, 3.05) is 78.5 Å². The van der Waals surface area contributed by atoms with E-state index in [0.29, 0.717) is 49.2 Å². The van der Waals surface area contributed by atoms with Crippen molar-refractivity contribution in [1.82, 2.24) is 29.6 Å². The first-order valence-electron chi connectivity index (χ1n) is 26.4. The molecule has 3 amide bonds. The molecule has 6 heterocycles. The molecule has 2 aromatic rings. The Kier molecular flexibility index (Phi) is 22.5. The van der Waals surface area contributed by atoms with Crippen LogP contribution in [0.25, 0.3) is 0 Å². The minimum absolute atomic E-state index is 0.160. The summed E-state index contributed by atoms with van der Waals surface area (Å²) in [7, 11) is -0.784. The summed E-state index contributed by atoms with van der Waals surface area (Å²) in [5.41, 5.74) is 2.05. The third-order valence-corrected chi connectivity index (χ3v) is 15.9. The van der Waals surface area contributed by atoms with Gasteiger partial charge in [0.05, 0.1) is 0 Å². The van der Waals surface area contributed by atoms with Crippen LogP contribution >= 0.6 is 0 Å². The van der Waals surface area contributed by atoms with E-state index < -0.39 is 13.0 Å². The predicted molar refractivity (Wildman–Crippen MR) is 270 cm³/mol. The molecule has 0 saturated carbocycles. The zero-order valence-electron chi connectivity index (χ0n) is 41.7. The molecule has 0 aliphatic carbocycles. The van der Waals surface area contributed by atoms with Crippen molar-refractivity contribution in [2.24, 2.45) is 35.5 Å². The first kappa shape index (κ1) is 54.2. The lowest BCUT2D eigenvalue weighted by Gasteiger charge is -2.40. The number of carbonyl (C=O) groups is 4. The van der Waals surface area contributed by atoms with E-state index in [-0.39, 0.29) is 25.7 Å². The first-order valence-corrected chi connectivity index (χ1v) is 26.4. The molecule has 0 spiro atoms. The number of nitrogens with zero attached hydrogens (tertiary/aromatic N) is 5. The average molecular weight is 957 g/mol. The highest BCUT2D eigenvalue weighted by atomic mass is 16.6. The number of rotatable bonds is 12. The summed E-state index contributed by atoms with van der Waals surface area (Å²) in [6.45, 7) is 14.9. The Bertz CT molecular complexity index is 1810. The molecule has 69 heavy (non-hydrogen) atoms. The van der Waals surface area contributed by atoms with Crippen LogP contribution in [0.3, 0.4) is 0 Å². The van der Waals surface area contributed by atoms with Crippen LogP contribution in [0.1, 0.15) is 101 Å². The number of amides is 3. The van der Waals surface area contributed by atoms with E-state index >= 15 is 0 Å². The normalized spacial score (nSPS) is 21.0. The lowest BCUT2D eigenvalue weighted by Crippen LogP contribution is -2.45. The summed E-state index contributed by atoms with van der Waals surface area (Å²) < 4.78 is 10.9. The molecule has 4 N–H and O–H groups in total. The largest absolute Gasteiger partial charge is 0.481 e. The highest BCUT2D eigenvalue weighted by Crippen LogP contribution is 2.34. The number of benzene rings is 2. The van der Waals surface area contributed by atoms with Crippen LogP contribution in [0.2, 0.25) is 13.6 Å². The summed E-state index contributed by atoms with van der Waals surface area (Å²) in [4.78, 5) is 57.7. The van der Waals surface area contributed by atoms with Crippen molar-refractivity contribution in [2.45, 2.75) is 117 Å². The fourth-order valence-corrected chi connectivity index (χ4v) is 11.3. The van der Waals surface area contributed by atoms with Crippen molar-refractivity contribution in [3.63, 3.8) is 0 Å². The number of piperidine rings is 6. The zero-order valence-corrected chi connectivity index (χ0v) is 41.7. The molecule has 0 aromatic heterocycles. The SMILES string of the molecule is CB(O)N1CCC(CC(=O)N2CCC(C3CCN(C(=O)OCc4ccccc4)CC3)CC2)CC1.CB(O)N1CCC(CC(=O)O)CC1.O=C(OCc1ccccc1)N1CCC(C2CCNCC2)CC1. The molecule has 6 fully saturated rings. The summed E-state index contributed by atoms with van der Waals surface area (Å²) in [5, 5.41) is 31.0. The maximum absolute atomic E-state index is 12.9. The van der Waals surface area contributed by atoms with E-state index in [2.05, 4.69) is 15.0 Å². The highest BCUT2D eigenvalue weighted by Gasteiger charge is 2.34. The van der Waals surface area contributed by atoms with Crippen molar-refractivity contribution < 1.29 is 43.8 Å². The van der Waals surface area contributed by atoms with Gasteiger partial charge in [0.25, 0.3) is 0 Å². The van der Waals surface area contributed by atoms with Gasteiger partial charge in [0.1, 0.15) is 13.2 Å². The van der Waals surface area contributed by atoms with E-state index in [1.54, 1.807) is 6.82 Å². The third-order valence-electron chi connectivity index (χ3n) is 15.9. The number of hydrogen-bond donors (Lipinski definition) is 4. The average Bonchev–Trinajstić information content (AvgIpc) is 3.39. The maximum Gasteiger partial charge on any atom is 0.410 e. The van der Waals surface area contributed by atoms with Crippen LogP contribution in [-0.2, 0) is 32.3 Å². The molecule has 6 aliphatic rings. The van der Waals surface area contributed by atoms with Gasteiger partial charge < -0.3 is 54.3 Å². The molecule has 0 atom stereocenters. The molecule has 6 saturated heterocycles. The molecule has 0 unspecified atom stereocenters. The quantitative estimate of drug-likeness (QED) is 0.164. The van der Waals surface area contributed by atoms with Crippen molar-refractivity contribution in [3.8, 4) is 0 Å². The Hall–Kier alpha value is -4.15. The predicted octanol–water partition coefficient (Wildman–Crippen LogP) is 6.80. The summed E-state index contributed by atoms with van der Waals surface area (Å²) >= 11 is 0. The fourth-order valence-electron chi connectivity index (χ4n) is 11.3. The van der Waals surface area contributed by atoms with Gasteiger partial charge in [0, 0.05) is 52.1 Å². The lowest BCUT2D eigenvalue weighted by atomic mass is 9.78. The molecule has 15 nitrogen and oxygen atoms in total. The van der Waals surface area contributed by atoms with E-state index in [4.69, 9.17) is 14.6 Å². The second kappa shape index (κ2) is 28.6. The number of carboxylic acid groups (broad SMARTS) is 1. The summed E-state index contributed by atoms with van der Waals surface area (Å²) in [6, 6.07) is 19.7. The Labute approximate surface area is 412 Å². The molecule has 0 radical (unpaired) electrons. The second-order valence-corrected chi connectivity index (χ2v) is 20.6. The van der Waals surface area contributed by atoms with Gasteiger partial charge in [-0.3, -0.25) is 9.59 Å². The minimum Gasteiger partial charge on any atom is -0.481 e. The van der Waals surface area contributed by atoms with Crippen molar-refractivity contribution in [1.29, 1.82) is 0 Å². The number of likely N-dealkylation sites (tertiary alicyclic amines) is 3. The minimum atomic E-state index is -0.713. The van der Waals surface area contributed by atoms with Gasteiger partial charge in [-0.25, -0.2) is 9.59 Å². The second-order valence-electron chi connectivity index (χ2n) is 20.6. The van der Waals surface area contributed by atoms with Crippen LogP contribution in [0, 0.1) is 35.5 Å². The van der Waals surface area contributed by atoms with Gasteiger partial charge >= 0.3 is 32.3 Å². The lowest BCUT2D eigenvalue weighted by molar-refractivity contribution is -0.138.